The highest BCUT2D eigenvalue weighted by Crippen LogP contribution is 2.24. The molecule has 0 atom stereocenters. The van der Waals surface area contributed by atoms with E-state index in [2.05, 4.69) is 21.2 Å². The smallest absolute Gasteiger partial charge is 0.282 e. The molecule has 21 heavy (non-hydrogen) atoms. The molecule has 2 rings (SSSR count). The number of carbonyl (C=O) groups is 1. The molecule has 0 aliphatic rings. The van der Waals surface area contributed by atoms with Gasteiger partial charge in [0.1, 0.15) is 11.3 Å². The second-order valence-corrected chi connectivity index (χ2v) is 6.72. The lowest BCUT2D eigenvalue weighted by Crippen LogP contribution is -2.26. The third kappa shape index (κ3) is 4.02. The van der Waals surface area contributed by atoms with Crippen LogP contribution < -0.4 is 5.32 Å². The van der Waals surface area contributed by atoms with Gasteiger partial charge in [-0.1, -0.05) is 0 Å². The fraction of sp³-hybridized carbons (Fsp3) is 0.154. The van der Waals surface area contributed by atoms with Crippen LogP contribution >= 0.6 is 27.3 Å². The van der Waals surface area contributed by atoms with Crippen molar-refractivity contribution in [1.82, 2.24) is 5.32 Å². The molecule has 0 spiro atoms. The lowest BCUT2D eigenvalue weighted by Gasteiger charge is -2.05. The maximum Gasteiger partial charge on any atom is 0.282 e. The number of amides is 1. The fourth-order valence-corrected chi connectivity index (χ4v) is 3.23. The first kappa shape index (κ1) is 15.5. The number of nitrogens with one attached hydrogen (secondary N) is 1. The van der Waals surface area contributed by atoms with Crippen LogP contribution in [0.1, 0.15) is 15.2 Å². The predicted octanol–water partition coefficient (Wildman–Crippen LogP) is 3.10. The van der Waals surface area contributed by atoms with Crippen molar-refractivity contribution in [2.24, 2.45) is 0 Å². The number of nitro benzene ring substituents is 1. The van der Waals surface area contributed by atoms with Crippen LogP contribution in [0, 0.1) is 10.1 Å². The molecule has 0 saturated heterocycles. The number of phenolic OH excluding ortho intramolecular Hbond substituents is 1. The quantitative estimate of drug-likeness (QED) is 0.624. The molecule has 1 amide bonds. The van der Waals surface area contributed by atoms with Crippen LogP contribution in [0.25, 0.3) is 0 Å². The maximum absolute atomic E-state index is 12.0. The summed E-state index contributed by atoms with van der Waals surface area (Å²) in [5.74, 6) is -0.763. The van der Waals surface area contributed by atoms with Gasteiger partial charge in [-0.25, -0.2) is 0 Å². The van der Waals surface area contributed by atoms with E-state index in [1.165, 1.54) is 6.07 Å². The average Bonchev–Trinajstić information content (AvgIpc) is 2.84. The number of hydrogen-bond donors (Lipinski definition) is 2. The Bertz CT molecular complexity index is 687. The summed E-state index contributed by atoms with van der Waals surface area (Å²) >= 11 is 4.91. The highest BCUT2D eigenvalue weighted by atomic mass is 79.9. The Balaban J connectivity index is 2.03. The Hall–Kier alpha value is -1.93. The van der Waals surface area contributed by atoms with E-state index in [-0.39, 0.29) is 17.0 Å². The second-order valence-electron chi connectivity index (χ2n) is 4.17. The van der Waals surface area contributed by atoms with Gasteiger partial charge in [-0.2, -0.15) is 0 Å². The Morgan fingerprint density at radius 1 is 1.38 bits per heavy atom. The Labute approximate surface area is 132 Å². The molecule has 2 aromatic rings. The summed E-state index contributed by atoms with van der Waals surface area (Å²) in [5, 5.41) is 22.9. The standard InChI is InChI=1S/C13H11BrN2O4S/c14-12-4-2-9(21-12)5-6-15-13(18)10-7-8(17)1-3-11(10)16(19)20/h1-4,7,17H,5-6H2,(H,15,18). The van der Waals surface area contributed by atoms with Gasteiger partial charge >= 0.3 is 0 Å². The average molecular weight is 371 g/mol. The summed E-state index contributed by atoms with van der Waals surface area (Å²) < 4.78 is 1.01. The Morgan fingerprint density at radius 3 is 2.76 bits per heavy atom. The largest absolute Gasteiger partial charge is 0.508 e. The molecule has 1 aromatic carbocycles. The summed E-state index contributed by atoms with van der Waals surface area (Å²) in [5.41, 5.74) is -0.475. The van der Waals surface area contributed by atoms with Crippen LogP contribution in [0.2, 0.25) is 0 Å². The van der Waals surface area contributed by atoms with Crippen molar-refractivity contribution >= 4 is 38.9 Å². The van der Waals surface area contributed by atoms with Gasteiger partial charge in [-0.3, -0.25) is 14.9 Å². The third-order valence-electron chi connectivity index (χ3n) is 2.71. The van der Waals surface area contributed by atoms with E-state index in [1.54, 1.807) is 11.3 Å². The van der Waals surface area contributed by atoms with Crippen LogP contribution in [-0.4, -0.2) is 22.5 Å². The zero-order valence-electron chi connectivity index (χ0n) is 10.7. The van der Waals surface area contributed by atoms with Gasteiger partial charge in [0.05, 0.1) is 8.71 Å². The highest BCUT2D eigenvalue weighted by Gasteiger charge is 2.20. The molecule has 1 heterocycles. The van der Waals surface area contributed by atoms with Crippen molar-refractivity contribution in [2.75, 3.05) is 6.54 Å². The van der Waals surface area contributed by atoms with E-state index in [0.717, 1.165) is 20.8 Å². The van der Waals surface area contributed by atoms with E-state index in [0.29, 0.717) is 13.0 Å². The molecular formula is C13H11BrN2O4S. The molecular weight excluding hydrogens is 360 g/mol. The van der Waals surface area contributed by atoms with E-state index >= 15 is 0 Å². The number of thiophene rings is 1. The molecule has 0 aliphatic heterocycles. The number of hydrogen-bond acceptors (Lipinski definition) is 5. The monoisotopic (exact) mass is 370 g/mol. The van der Waals surface area contributed by atoms with Crippen molar-refractivity contribution in [3.8, 4) is 5.75 Å². The molecule has 0 aliphatic carbocycles. The van der Waals surface area contributed by atoms with Crippen LogP contribution in [0.3, 0.4) is 0 Å². The Morgan fingerprint density at radius 2 is 2.14 bits per heavy atom. The number of nitrogens with zero attached hydrogens (tertiary/aromatic N) is 1. The second kappa shape index (κ2) is 6.68. The summed E-state index contributed by atoms with van der Waals surface area (Å²) in [6, 6.07) is 7.24. The van der Waals surface area contributed by atoms with Crippen molar-refractivity contribution in [3.05, 3.63) is 54.7 Å². The first-order chi connectivity index (χ1) is 9.97. The number of aromatic hydroxyl groups is 1. The summed E-state index contributed by atoms with van der Waals surface area (Å²) in [6.45, 7) is 0.360. The zero-order valence-corrected chi connectivity index (χ0v) is 13.1. The molecule has 0 fully saturated rings. The van der Waals surface area contributed by atoms with Gasteiger partial charge in [0.15, 0.2) is 0 Å². The van der Waals surface area contributed by atoms with Crippen LogP contribution in [0.5, 0.6) is 5.75 Å². The highest BCUT2D eigenvalue weighted by molar-refractivity contribution is 9.11. The molecule has 110 valence electrons. The number of carbonyl (C=O) groups excluding carboxylic acids is 1. The molecule has 2 N–H and O–H groups in total. The minimum atomic E-state index is -0.648. The van der Waals surface area contributed by atoms with Crippen LogP contribution in [-0.2, 0) is 6.42 Å². The molecule has 0 bridgehead atoms. The van der Waals surface area contributed by atoms with Gasteiger partial charge < -0.3 is 10.4 Å². The van der Waals surface area contributed by atoms with E-state index in [4.69, 9.17) is 0 Å². The van der Waals surface area contributed by atoms with Gasteiger partial charge in [0.2, 0.25) is 0 Å². The molecule has 8 heteroatoms. The van der Waals surface area contributed by atoms with Crippen molar-refractivity contribution in [1.29, 1.82) is 0 Å². The Kier molecular flexibility index (Phi) is 4.92. The number of nitro groups is 1. The number of halogens is 1. The van der Waals surface area contributed by atoms with E-state index < -0.39 is 10.8 Å². The topological polar surface area (TPSA) is 92.5 Å². The van der Waals surface area contributed by atoms with Crippen LogP contribution in [0.15, 0.2) is 34.1 Å². The normalized spacial score (nSPS) is 10.3. The van der Waals surface area contributed by atoms with Crippen molar-refractivity contribution in [2.45, 2.75) is 6.42 Å². The van der Waals surface area contributed by atoms with Crippen molar-refractivity contribution < 1.29 is 14.8 Å². The lowest BCUT2D eigenvalue weighted by molar-refractivity contribution is -0.385. The molecule has 0 unspecified atom stereocenters. The number of benzene rings is 1. The van der Waals surface area contributed by atoms with Gasteiger partial charge in [-0.15, -0.1) is 11.3 Å². The van der Waals surface area contributed by atoms with Gasteiger partial charge in [0, 0.05) is 17.5 Å². The third-order valence-corrected chi connectivity index (χ3v) is 4.39. The number of phenols is 1. The molecule has 6 nitrogen and oxygen atoms in total. The van der Waals surface area contributed by atoms with Gasteiger partial charge in [-0.05, 0) is 46.6 Å². The molecule has 0 saturated carbocycles. The zero-order chi connectivity index (χ0) is 15.4. The summed E-state index contributed by atoms with van der Waals surface area (Å²) in [4.78, 5) is 23.3. The lowest BCUT2D eigenvalue weighted by atomic mass is 10.1. The molecule has 1 aromatic heterocycles. The minimum Gasteiger partial charge on any atom is -0.508 e. The van der Waals surface area contributed by atoms with Crippen LogP contribution in [0.4, 0.5) is 5.69 Å². The first-order valence-electron chi connectivity index (χ1n) is 5.97. The summed E-state index contributed by atoms with van der Waals surface area (Å²) in [7, 11) is 0. The van der Waals surface area contributed by atoms with E-state index in [9.17, 15) is 20.0 Å². The SMILES string of the molecule is O=C(NCCc1ccc(Br)s1)c1cc(O)ccc1[N+](=O)[O-]. The summed E-state index contributed by atoms with van der Waals surface area (Å²) in [6.07, 6.45) is 0.634. The molecule has 0 radical (unpaired) electrons. The fourth-order valence-electron chi connectivity index (χ4n) is 1.75. The minimum absolute atomic E-state index is 0.146. The maximum atomic E-state index is 12.0. The van der Waals surface area contributed by atoms with Crippen molar-refractivity contribution in [3.63, 3.8) is 0 Å². The van der Waals surface area contributed by atoms with Gasteiger partial charge in [0.25, 0.3) is 11.6 Å². The van der Waals surface area contributed by atoms with E-state index in [1.807, 2.05) is 12.1 Å². The number of rotatable bonds is 5. The first-order valence-corrected chi connectivity index (χ1v) is 7.58. The predicted molar refractivity (Wildman–Crippen MR) is 82.8 cm³/mol.